The second kappa shape index (κ2) is 5.22. The molecule has 2 aromatic rings. The van der Waals surface area contributed by atoms with Crippen LogP contribution in [0.5, 0.6) is 5.75 Å². The van der Waals surface area contributed by atoms with E-state index in [1.165, 1.54) is 10.9 Å². The third-order valence-corrected chi connectivity index (χ3v) is 3.59. The number of benzene rings is 2. The van der Waals surface area contributed by atoms with Crippen LogP contribution in [0.25, 0.3) is 10.8 Å². The smallest absolute Gasteiger partial charge is 0.119 e. The first kappa shape index (κ1) is 13.9. The van der Waals surface area contributed by atoms with Crippen molar-refractivity contribution in [2.24, 2.45) is 5.41 Å². The van der Waals surface area contributed by atoms with Gasteiger partial charge >= 0.3 is 0 Å². The Bertz CT molecular complexity index is 567. The van der Waals surface area contributed by atoms with E-state index in [4.69, 9.17) is 4.74 Å². The lowest BCUT2D eigenvalue weighted by molar-refractivity contribution is 0.0639. The molecule has 0 heterocycles. The van der Waals surface area contributed by atoms with Crippen molar-refractivity contribution in [2.45, 2.75) is 33.3 Å². The van der Waals surface area contributed by atoms with E-state index < -0.39 is 0 Å². The Balaban J connectivity index is 2.42. The van der Waals surface area contributed by atoms with Crippen LogP contribution in [0.1, 0.15) is 26.3 Å². The van der Waals surface area contributed by atoms with Gasteiger partial charge in [-0.1, -0.05) is 45.0 Å². The fourth-order valence-electron chi connectivity index (χ4n) is 2.14. The van der Waals surface area contributed by atoms with Crippen LogP contribution in [0.3, 0.4) is 0 Å². The molecule has 0 saturated heterocycles. The predicted octanol–water partition coefficient (Wildman–Crippen LogP) is 3.80. The highest BCUT2D eigenvalue weighted by Crippen LogP contribution is 2.28. The van der Waals surface area contributed by atoms with E-state index in [-0.39, 0.29) is 11.5 Å². The summed E-state index contributed by atoms with van der Waals surface area (Å²) in [7, 11) is 1.67. The lowest BCUT2D eigenvalue weighted by atomic mass is 9.84. The zero-order valence-corrected chi connectivity index (χ0v) is 12.1. The maximum absolute atomic E-state index is 10.3. The molecule has 1 unspecified atom stereocenters. The van der Waals surface area contributed by atoms with Crippen LogP contribution >= 0.6 is 0 Å². The van der Waals surface area contributed by atoms with Crippen molar-refractivity contribution in [1.82, 2.24) is 0 Å². The van der Waals surface area contributed by atoms with Crippen molar-refractivity contribution >= 4 is 10.8 Å². The van der Waals surface area contributed by atoms with Crippen LogP contribution in [0.15, 0.2) is 36.4 Å². The first-order chi connectivity index (χ1) is 8.91. The van der Waals surface area contributed by atoms with Crippen LogP contribution in [0.2, 0.25) is 0 Å². The zero-order valence-electron chi connectivity index (χ0n) is 12.1. The first-order valence-electron chi connectivity index (χ1n) is 6.65. The molecule has 1 N–H and O–H groups in total. The van der Waals surface area contributed by atoms with Crippen LogP contribution < -0.4 is 4.74 Å². The summed E-state index contributed by atoms with van der Waals surface area (Å²) in [6.07, 6.45) is 0.304. The second-order valence-electron chi connectivity index (χ2n) is 6.09. The highest BCUT2D eigenvalue weighted by atomic mass is 16.5. The number of fused-ring (bicyclic) bond motifs is 1. The lowest BCUT2D eigenvalue weighted by Gasteiger charge is -2.26. The van der Waals surface area contributed by atoms with Crippen molar-refractivity contribution in [3.05, 3.63) is 42.0 Å². The van der Waals surface area contributed by atoms with Crippen molar-refractivity contribution < 1.29 is 9.84 Å². The molecule has 0 aliphatic carbocycles. The molecule has 102 valence electrons. The normalized spacial score (nSPS) is 13.5. The number of rotatable bonds is 3. The Morgan fingerprint density at radius 3 is 2.53 bits per heavy atom. The molecule has 0 spiro atoms. The summed E-state index contributed by atoms with van der Waals surface area (Å²) < 4.78 is 5.29. The van der Waals surface area contributed by atoms with Gasteiger partial charge < -0.3 is 9.84 Å². The second-order valence-corrected chi connectivity index (χ2v) is 6.09. The molecule has 0 aliphatic heterocycles. The fourth-order valence-corrected chi connectivity index (χ4v) is 2.14. The number of aliphatic hydroxyl groups is 1. The standard InChI is InChI=1S/C17H22O2/c1-17(2,3)16(18)10-13-7-5-6-12-8-9-14(19-4)11-15(12)13/h5-9,11,16,18H,10H2,1-4H3. The summed E-state index contributed by atoms with van der Waals surface area (Å²) in [4.78, 5) is 0. The van der Waals surface area contributed by atoms with Crippen LogP contribution in [-0.4, -0.2) is 18.3 Å². The molecule has 0 aromatic heterocycles. The summed E-state index contributed by atoms with van der Waals surface area (Å²) in [5, 5.41) is 12.6. The highest BCUT2D eigenvalue weighted by Gasteiger charge is 2.22. The van der Waals surface area contributed by atoms with E-state index in [0.29, 0.717) is 6.42 Å². The molecular weight excluding hydrogens is 236 g/mol. The molecule has 0 radical (unpaired) electrons. The molecule has 0 amide bonds. The van der Waals surface area contributed by atoms with Gasteiger partial charge in [0.05, 0.1) is 13.2 Å². The van der Waals surface area contributed by atoms with Gasteiger partial charge in [0.15, 0.2) is 0 Å². The van der Waals surface area contributed by atoms with E-state index >= 15 is 0 Å². The Labute approximate surface area is 115 Å². The Kier molecular flexibility index (Phi) is 3.81. The third kappa shape index (κ3) is 3.07. The maximum Gasteiger partial charge on any atom is 0.119 e. The minimum Gasteiger partial charge on any atom is -0.497 e. The van der Waals surface area contributed by atoms with Gasteiger partial charge in [-0.15, -0.1) is 0 Å². The summed E-state index contributed by atoms with van der Waals surface area (Å²) in [5.74, 6) is 0.852. The molecule has 2 aromatic carbocycles. The number of ether oxygens (including phenoxy) is 1. The van der Waals surface area contributed by atoms with Crippen LogP contribution in [0, 0.1) is 5.41 Å². The average molecular weight is 258 g/mol. The molecule has 2 nitrogen and oxygen atoms in total. The number of aliphatic hydroxyl groups excluding tert-OH is 1. The Hall–Kier alpha value is -1.54. The van der Waals surface area contributed by atoms with Gasteiger partial charge in [-0.2, -0.15) is 0 Å². The van der Waals surface area contributed by atoms with Gasteiger partial charge in [-0.05, 0) is 40.3 Å². The third-order valence-electron chi connectivity index (χ3n) is 3.59. The monoisotopic (exact) mass is 258 g/mol. The molecule has 0 fully saturated rings. The van der Waals surface area contributed by atoms with E-state index in [1.54, 1.807) is 7.11 Å². The van der Waals surface area contributed by atoms with E-state index in [0.717, 1.165) is 11.1 Å². The topological polar surface area (TPSA) is 29.5 Å². The lowest BCUT2D eigenvalue weighted by Crippen LogP contribution is -2.28. The summed E-state index contributed by atoms with van der Waals surface area (Å²) in [6, 6.07) is 12.3. The van der Waals surface area contributed by atoms with Gasteiger partial charge in [0.25, 0.3) is 0 Å². The van der Waals surface area contributed by atoms with E-state index in [2.05, 4.69) is 39.0 Å². The molecule has 2 rings (SSSR count). The van der Waals surface area contributed by atoms with Gasteiger partial charge in [-0.3, -0.25) is 0 Å². The fraction of sp³-hybridized carbons (Fsp3) is 0.412. The largest absolute Gasteiger partial charge is 0.497 e. The number of methoxy groups -OCH3 is 1. The van der Waals surface area contributed by atoms with Crippen LogP contribution in [-0.2, 0) is 6.42 Å². The van der Waals surface area contributed by atoms with Gasteiger partial charge in [0.1, 0.15) is 5.75 Å². The average Bonchev–Trinajstić information content (AvgIpc) is 2.37. The van der Waals surface area contributed by atoms with Gasteiger partial charge in [0.2, 0.25) is 0 Å². The van der Waals surface area contributed by atoms with Crippen molar-refractivity contribution in [3.8, 4) is 5.75 Å². The van der Waals surface area contributed by atoms with Crippen molar-refractivity contribution in [2.75, 3.05) is 7.11 Å². The molecule has 0 saturated carbocycles. The van der Waals surface area contributed by atoms with Gasteiger partial charge in [-0.25, -0.2) is 0 Å². The molecule has 1 atom stereocenters. The van der Waals surface area contributed by atoms with E-state index in [1.807, 2.05) is 18.2 Å². The minimum atomic E-state index is -0.357. The Morgan fingerprint density at radius 2 is 1.89 bits per heavy atom. The summed E-state index contributed by atoms with van der Waals surface area (Å²) in [5.41, 5.74) is 1.06. The van der Waals surface area contributed by atoms with Crippen molar-refractivity contribution in [3.63, 3.8) is 0 Å². The highest BCUT2D eigenvalue weighted by molar-refractivity contribution is 5.87. The van der Waals surface area contributed by atoms with Crippen molar-refractivity contribution in [1.29, 1.82) is 0 Å². The van der Waals surface area contributed by atoms with E-state index in [9.17, 15) is 5.11 Å². The zero-order chi connectivity index (χ0) is 14.0. The molecular formula is C17H22O2. The van der Waals surface area contributed by atoms with Crippen LogP contribution in [0.4, 0.5) is 0 Å². The first-order valence-corrected chi connectivity index (χ1v) is 6.65. The minimum absolute atomic E-state index is 0.110. The molecule has 2 heteroatoms. The summed E-state index contributed by atoms with van der Waals surface area (Å²) in [6.45, 7) is 6.18. The van der Waals surface area contributed by atoms with Gasteiger partial charge in [0, 0.05) is 0 Å². The molecule has 0 bridgehead atoms. The summed E-state index contributed by atoms with van der Waals surface area (Å²) >= 11 is 0. The number of hydrogen-bond acceptors (Lipinski definition) is 2. The SMILES string of the molecule is COc1ccc2cccc(CC(O)C(C)(C)C)c2c1. The predicted molar refractivity (Wildman–Crippen MR) is 79.7 cm³/mol. The Morgan fingerprint density at radius 1 is 1.16 bits per heavy atom. The maximum atomic E-state index is 10.3. The quantitative estimate of drug-likeness (QED) is 0.907. The number of hydrogen-bond donors (Lipinski definition) is 1. The molecule has 0 aliphatic rings. The molecule has 19 heavy (non-hydrogen) atoms.